The molecule has 1 saturated heterocycles. The van der Waals surface area contributed by atoms with Crippen LogP contribution >= 0.6 is 0 Å². The van der Waals surface area contributed by atoms with Crippen LogP contribution in [-0.4, -0.2) is 48.9 Å². The molecule has 150 valence electrons. The average molecular weight is 386 g/mol. The van der Waals surface area contributed by atoms with Crippen molar-refractivity contribution in [3.8, 4) is 0 Å². The van der Waals surface area contributed by atoms with Gasteiger partial charge in [0, 0.05) is 32.8 Å². The van der Waals surface area contributed by atoms with Crippen LogP contribution in [-0.2, 0) is 34.0 Å². The van der Waals surface area contributed by atoms with Gasteiger partial charge in [-0.2, -0.15) is 0 Å². The lowest BCUT2D eigenvalue weighted by Gasteiger charge is -2.29. The molecule has 0 spiro atoms. The number of carbonyl (C=O) groups is 1. The van der Waals surface area contributed by atoms with E-state index in [0.717, 1.165) is 5.56 Å². The zero-order valence-corrected chi connectivity index (χ0v) is 16.3. The maximum atomic E-state index is 12.7. The first-order valence-corrected chi connectivity index (χ1v) is 9.31. The number of aryl methyl sites for hydroxylation is 1. The van der Waals surface area contributed by atoms with E-state index in [9.17, 15) is 9.59 Å². The molecule has 1 aromatic heterocycles. The number of rotatable bonds is 7. The van der Waals surface area contributed by atoms with Gasteiger partial charge in [0.2, 0.25) is 11.9 Å². The van der Waals surface area contributed by atoms with E-state index in [-0.39, 0.29) is 24.6 Å². The molecule has 1 fully saturated rings. The average Bonchev–Trinajstić information content (AvgIpc) is 2.70. The molecule has 1 N–H and O–H groups in total. The van der Waals surface area contributed by atoms with Gasteiger partial charge in [-0.15, -0.1) is 0 Å². The Hall–Kier alpha value is -2.71. The van der Waals surface area contributed by atoms with Crippen molar-refractivity contribution >= 4 is 11.9 Å². The maximum absolute atomic E-state index is 12.7. The molecular formula is C20H26N4O4. The minimum absolute atomic E-state index is 0.0857. The molecule has 0 radical (unpaired) electrons. The fourth-order valence-corrected chi connectivity index (χ4v) is 3.02. The standard InChI is InChI=1S/C20H26N4O4/c1-15-3-5-16(6-4-15)12-21-18(25)13-24-19(26)11-17(14-27-2)22-20(24)23-7-9-28-10-8-23/h3-6,11H,7-10,12-14H2,1-2H3,(H,21,25). The highest BCUT2D eigenvalue weighted by Gasteiger charge is 2.20. The number of morpholine rings is 1. The first-order valence-electron chi connectivity index (χ1n) is 9.31. The molecule has 1 aromatic carbocycles. The first kappa shape index (κ1) is 20.0. The molecule has 0 aliphatic carbocycles. The Balaban J connectivity index is 1.76. The van der Waals surface area contributed by atoms with Crippen molar-refractivity contribution in [3.63, 3.8) is 0 Å². The lowest BCUT2D eigenvalue weighted by molar-refractivity contribution is -0.121. The molecule has 8 heteroatoms. The number of ether oxygens (including phenoxy) is 2. The number of amides is 1. The van der Waals surface area contributed by atoms with Gasteiger partial charge in [-0.05, 0) is 12.5 Å². The van der Waals surface area contributed by atoms with Crippen LogP contribution in [0.25, 0.3) is 0 Å². The van der Waals surface area contributed by atoms with Crippen molar-refractivity contribution in [2.24, 2.45) is 0 Å². The minimum Gasteiger partial charge on any atom is -0.378 e. The van der Waals surface area contributed by atoms with E-state index < -0.39 is 0 Å². The van der Waals surface area contributed by atoms with Crippen molar-refractivity contribution in [1.29, 1.82) is 0 Å². The van der Waals surface area contributed by atoms with Gasteiger partial charge in [-0.25, -0.2) is 4.98 Å². The second-order valence-electron chi connectivity index (χ2n) is 6.77. The Morgan fingerprint density at radius 3 is 2.64 bits per heavy atom. The first-order chi connectivity index (χ1) is 13.6. The number of hydrogen-bond donors (Lipinski definition) is 1. The van der Waals surface area contributed by atoms with Crippen LogP contribution in [0.15, 0.2) is 35.1 Å². The largest absolute Gasteiger partial charge is 0.378 e. The molecule has 1 aliphatic heterocycles. The fraction of sp³-hybridized carbons (Fsp3) is 0.450. The fourth-order valence-electron chi connectivity index (χ4n) is 3.02. The van der Waals surface area contributed by atoms with Gasteiger partial charge in [0.15, 0.2) is 0 Å². The van der Waals surface area contributed by atoms with Crippen LogP contribution < -0.4 is 15.8 Å². The van der Waals surface area contributed by atoms with Gasteiger partial charge in [0.05, 0.1) is 25.5 Å². The van der Waals surface area contributed by atoms with Crippen molar-refractivity contribution in [2.75, 3.05) is 38.3 Å². The van der Waals surface area contributed by atoms with Gasteiger partial charge < -0.3 is 19.7 Å². The van der Waals surface area contributed by atoms with Gasteiger partial charge in [0.1, 0.15) is 6.54 Å². The summed E-state index contributed by atoms with van der Waals surface area (Å²) in [5.41, 5.74) is 2.45. The number of nitrogens with one attached hydrogen (secondary N) is 1. The minimum atomic E-state index is -0.269. The van der Waals surface area contributed by atoms with E-state index in [1.165, 1.54) is 16.2 Å². The summed E-state index contributed by atoms with van der Waals surface area (Å²) in [5.74, 6) is 0.242. The number of anilines is 1. The van der Waals surface area contributed by atoms with Gasteiger partial charge in [0.25, 0.3) is 5.56 Å². The molecular weight excluding hydrogens is 360 g/mol. The van der Waals surface area contributed by atoms with Crippen LogP contribution in [0, 0.1) is 6.92 Å². The van der Waals surface area contributed by atoms with Crippen LogP contribution in [0.5, 0.6) is 0 Å². The SMILES string of the molecule is COCc1cc(=O)n(CC(=O)NCc2ccc(C)cc2)c(N2CCOCC2)n1. The van der Waals surface area contributed by atoms with Crippen molar-refractivity contribution in [3.05, 3.63) is 57.5 Å². The molecule has 1 amide bonds. The smallest absolute Gasteiger partial charge is 0.255 e. The molecule has 0 saturated carbocycles. The van der Waals surface area contributed by atoms with Crippen molar-refractivity contribution < 1.29 is 14.3 Å². The summed E-state index contributed by atoms with van der Waals surface area (Å²) in [6.45, 7) is 4.94. The molecule has 2 aromatic rings. The molecule has 0 atom stereocenters. The maximum Gasteiger partial charge on any atom is 0.255 e. The third kappa shape index (κ3) is 5.17. The van der Waals surface area contributed by atoms with Crippen LogP contribution in [0.2, 0.25) is 0 Å². The molecule has 0 bridgehead atoms. The quantitative estimate of drug-likeness (QED) is 0.759. The molecule has 28 heavy (non-hydrogen) atoms. The van der Waals surface area contributed by atoms with Gasteiger partial charge in [-0.3, -0.25) is 14.2 Å². The van der Waals surface area contributed by atoms with E-state index in [4.69, 9.17) is 9.47 Å². The predicted molar refractivity (Wildman–Crippen MR) is 105 cm³/mol. The number of aromatic nitrogens is 2. The monoisotopic (exact) mass is 386 g/mol. The molecule has 3 rings (SSSR count). The number of benzene rings is 1. The molecule has 0 unspecified atom stereocenters. The topological polar surface area (TPSA) is 85.7 Å². The highest BCUT2D eigenvalue weighted by Crippen LogP contribution is 2.13. The summed E-state index contributed by atoms with van der Waals surface area (Å²) in [4.78, 5) is 31.7. The zero-order valence-electron chi connectivity index (χ0n) is 16.3. The number of methoxy groups -OCH3 is 1. The summed E-state index contributed by atoms with van der Waals surface area (Å²) in [6, 6.07) is 9.37. The van der Waals surface area contributed by atoms with Gasteiger partial charge >= 0.3 is 0 Å². The summed E-state index contributed by atoms with van der Waals surface area (Å²) >= 11 is 0. The Morgan fingerprint density at radius 1 is 1.25 bits per heavy atom. The Morgan fingerprint density at radius 2 is 1.96 bits per heavy atom. The predicted octanol–water partition coefficient (Wildman–Crippen LogP) is 0.851. The highest BCUT2D eigenvalue weighted by atomic mass is 16.5. The lowest BCUT2D eigenvalue weighted by Crippen LogP contribution is -2.42. The van der Waals surface area contributed by atoms with Crippen LogP contribution in [0.4, 0.5) is 5.95 Å². The highest BCUT2D eigenvalue weighted by molar-refractivity contribution is 5.76. The van der Waals surface area contributed by atoms with Crippen LogP contribution in [0.3, 0.4) is 0 Å². The molecule has 1 aliphatic rings. The normalized spacial score (nSPS) is 14.1. The third-order valence-electron chi connectivity index (χ3n) is 4.54. The Labute approximate surface area is 164 Å². The number of hydrogen-bond acceptors (Lipinski definition) is 6. The zero-order chi connectivity index (χ0) is 19.9. The van der Waals surface area contributed by atoms with E-state index >= 15 is 0 Å². The summed E-state index contributed by atoms with van der Waals surface area (Å²) in [5, 5.41) is 2.87. The summed E-state index contributed by atoms with van der Waals surface area (Å²) in [7, 11) is 1.56. The second-order valence-corrected chi connectivity index (χ2v) is 6.77. The summed E-state index contributed by atoms with van der Waals surface area (Å²) < 4.78 is 11.9. The van der Waals surface area contributed by atoms with Crippen molar-refractivity contribution in [1.82, 2.24) is 14.9 Å². The summed E-state index contributed by atoms with van der Waals surface area (Å²) in [6.07, 6.45) is 0. The van der Waals surface area contributed by atoms with E-state index in [0.29, 0.717) is 44.5 Å². The Bertz CT molecular complexity index is 857. The van der Waals surface area contributed by atoms with Gasteiger partial charge in [-0.1, -0.05) is 29.8 Å². The second kappa shape index (κ2) is 9.48. The van der Waals surface area contributed by atoms with Crippen LogP contribution in [0.1, 0.15) is 16.8 Å². The lowest BCUT2D eigenvalue weighted by atomic mass is 10.1. The third-order valence-corrected chi connectivity index (χ3v) is 4.54. The van der Waals surface area contributed by atoms with E-state index in [1.54, 1.807) is 7.11 Å². The van der Waals surface area contributed by atoms with E-state index in [1.807, 2.05) is 36.1 Å². The molecule has 8 nitrogen and oxygen atoms in total. The Kier molecular flexibility index (Phi) is 6.78. The molecule has 2 heterocycles. The van der Waals surface area contributed by atoms with Crippen molar-refractivity contribution in [2.45, 2.75) is 26.6 Å². The number of carbonyl (C=O) groups excluding carboxylic acids is 1. The number of nitrogens with zero attached hydrogens (tertiary/aromatic N) is 3. The van der Waals surface area contributed by atoms with E-state index in [2.05, 4.69) is 10.3 Å².